The van der Waals surface area contributed by atoms with Crippen molar-refractivity contribution in [1.82, 2.24) is 0 Å². The number of benzene rings is 2. The van der Waals surface area contributed by atoms with E-state index in [1.807, 2.05) is 6.92 Å². The van der Waals surface area contributed by atoms with Gasteiger partial charge in [-0.3, -0.25) is 0 Å². The highest BCUT2D eigenvalue weighted by Crippen LogP contribution is 2.26. The molecule has 0 spiro atoms. The lowest BCUT2D eigenvalue weighted by Gasteiger charge is -2.19. The molecular weight excluding hydrogens is 293 g/mol. The van der Waals surface area contributed by atoms with Crippen molar-refractivity contribution in [2.24, 2.45) is 0 Å². The highest BCUT2D eigenvalue weighted by molar-refractivity contribution is 6.31. The molecule has 110 valence electrons. The van der Waals surface area contributed by atoms with E-state index < -0.39 is 17.8 Å². The second kappa shape index (κ2) is 6.59. The van der Waals surface area contributed by atoms with Crippen molar-refractivity contribution in [2.45, 2.75) is 13.0 Å². The van der Waals surface area contributed by atoms with Crippen molar-refractivity contribution in [3.63, 3.8) is 0 Å². The van der Waals surface area contributed by atoms with Crippen LogP contribution in [0.15, 0.2) is 42.5 Å². The SMILES string of the molecule is COC(=O)C(Nc1ccccc1F)c1ccc(C)c(Cl)c1. The zero-order valence-electron chi connectivity index (χ0n) is 11.7. The van der Waals surface area contributed by atoms with Crippen molar-refractivity contribution in [2.75, 3.05) is 12.4 Å². The van der Waals surface area contributed by atoms with E-state index in [0.29, 0.717) is 10.6 Å². The molecule has 0 aliphatic heterocycles. The van der Waals surface area contributed by atoms with Gasteiger partial charge in [0.25, 0.3) is 0 Å². The number of ether oxygens (including phenoxy) is 1. The Bertz CT molecular complexity index is 660. The van der Waals surface area contributed by atoms with Crippen molar-refractivity contribution in [3.05, 3.63) is 64.4 Å². The molecular formula is C16H15ClFNO2. The van der Waals surface area contributed by atoms with E-state index in [1.165, 1.54) is 13.2 Å². The Labute approximate surface area is 127 Å². The highest BCUT2D eigenvalue weighted by Gasteiger charge is 2.22. The van der Waals surface area contributed by atoms with Crippen molar-refractivity contribution >= 4 is 23.3 Å². The van der Waals surface area contributed by atoms with E-state index >= 15 is 0 Å². The number of aryl methyl sites for hydroxylation is 1. The van der Waals surface area contributed by atoms with E-state index in [9.17, 15) is 9.18 Å². The van der Waals surface area contributed by atoms with E-state index in [4.69, 9.17) is 16.3 Å². The molecule has 21 heavy (non-hydrogen) atoms. The van der Waals surface area contributed by atoms with Crippen LogP contribution in [0.25, 0.3) is 0 Å². The number of halogens is 2. The topological polar surface area (TPSA) is 38.3 Å². The molecule has 0 bridgehead atoms. The number of carbonyl (C=O) groups is 1. The molecule has 2 aromatic carbocycles. The van der Waals surface area contributed by atoms with Gasteiger partial charge in [-0.1, -0.05) is 35.9 Å². The molecule has 1 atom stereocenters. The molecule has 0 aliphatic carbocycles. The fourth-order valence-corrected chi connectivity index (χ4v) is 2.11. The summed E-state index contributed by atoms with van der Waals surface area (Å²) in [5, 5.41) is 3.39. The second-order valence-corrected chi connectivity index (χ2v) is 5.00. The average molecular weight is 308 g/mol. The van der Waals surface area contributed by atoms with Gasteiger partial charge in [0.05, 0.1) is 12.8 Å². The third kappa shape index (κ3) is 3.52. The Morgan fingerprint density at radius 2 is 2.00 bits per heavy atom. The molecule has 0 aliphatic rings. The first kappa shape index (κ1) is 15.3. The molecule has 0 aromatic heterocycles. The number of nitrogens with one attached hydrogen (secondary N) is 1. The average Bonchev–Trinajstić information content (AvgIpc) is 2.48. The first-order valence-electron chi connectivity index (χ1n) is 6.38. The van der Waals surface area contributed by atoms with Crippen LogP contribution >= 0.6 is 11.6 Å². The van der Waals surface area contributed by atoms with Crippen LogP contribution < -0.4 is 5.32 Å². The summed E-state index contributed by atoms with van der Waals surface area (Å²) in [4.78, 5) is 12.0. The van der Waals surface area contributed by atoms with E-state index in [0.717, 1.165) is 5.56 Å². The van der Waals surface area contributed by atoms with Crippen LogP contribution in [0.2, 0.25) is 5.02 Å². The summed E-state index contributed by atoms with van der Waals surface area (Å²) in [6.45, 7) is 1.86. The zero-order chi connectivity index (χ0) is 15.4. The fourth-order valence-electron chi connectivity index (χ4n) is 1.92. The summed E-state index contributed by atoms with van der Waals surface area (Å²) in [6, 6.07) is 10.5. The fraction of sp³-hybridized carbons (Fsp3) is 0.188. The molecule has 2 rings (SSSR count). The smallest absolute Gasteiger partial charge is 0.332 e. The van der Waals surface area contributed by atoms with Crippen LogP contribution in [-0.4, -0.2) is 13.1 Å². The predicted molar refractivity (Wildman–Crippen MR) is 81.0 cm³/mol. The van der Waals surface area contributed by atoms with Gasteiger partial charge in [-0.15, -0.1) is 0 Å². The predicted octanol–water partition coefficient (Wildman–Crippen LogP) is 4.11. The lowest BCUT2D eigenvalue weighted by atomic mass is 10.0. The van der Waals surface area contributed by atoms with Crippen LogP contribution in [0.3, 0.4) is 0 Å². The van der Waals surface area contributed by atoms with Crippen molar-refractivity contribution in [3.8, 4) is 0 Å². The molecule has 0 radical (unpaired) electrons. The lowest BCUT2D eigenvalue weighted by molar-refractivity contribution is -0.141. The van der Waals surface area contributed by atoms with E-state index in [-0.39, 0.29) is 5.69 Å². The van der Waals surface area contributed by atoms with Gasteiger partial charge in [0.1, 0.15) is 5.82 Å². The van der Waals surface area contributed by atoms with Gasteiger partial charge in [-0.2, -0.15) is 0 Å². The maximum absolute atomic E-state index is 13.7. The van der Waals surface area contributed by atoms with Crippen LogP contribution in [0.1, 0.15) is 17.2 Å². The Kier molecular flexibility index (Phi) is 4.81. The number of anilines is 1. The number of carbonyl (C=O) groups excluding carboxylic acids is 1. The molecule has 2 aromatic rings. The minimum atomic E-state index is -0.829. The molecule has 0 heterocycles. The molecule has 0 amide bonds. The molecule has 0 saturated carbocycles. The Balaban J connectivity index is 2.37. The van der Waals surface area contributed by atoms with Gasteiger partial charge in [0, 0.05) is 5.02 Å². The van der Waals surface area contributed by atoms with Gasteiger partial charge in [-0.05, 0) is 36.2 Å². The summed E-state index contributed by atoms with van der Waals surface area (Å²) < 4.78 is 18.5. The maximum atomic E-state index is 13.7. The summed E-state index contributed by atoms with van der Waals surface area (Å²) >= 11 is 6.09. The number of para-hydroxylation sites is 1. The lowest BCUT2D eigenvalue weighted by Crippen LogP contribution is -2.22. The molecule has 3 nitrogen and oxygen atoms in total. The molecule has 0 fully saturated rings. The number of rotatable bonds is 4. The summed E-state index contributed by atoms with van der Waals surface area (Å²) in [5.74, 6) is -0.956. The largest absolute Gasteiger partial charge is 0.467 e. The van der Waals surface area contributed by atoms with Crippen LogP contribution in [0.5, 0.6) is 0 Å². The number of hydrogen-bond acceptors (Lipinski definition) is 3. The summed E-state index contributed by atoms with van der Waals surface area (Å²) in [7, 11) is 1.29. The number of esters is 1. The Hall–Kier alpha value is -2.07. The van der Waals surface area contributed by atoms with Gasteiger partial charge >= 0.3 is 5.97 Å². The van der Waals surface area contributed by atoms with Crippen LogP contribution in [0, 0.1) is 12.7 Å². The van der Waals surface area contributed by atoms with Gasteiger partial charge in [0.2, 0.25) is 0 Å². The van der Waals surface area contributed by atoms with Crippen LogP contribution in [-0.2, 0) is 9.53 Å². The van der Waals surface area contributed by atoms with Crippen molar-refractivity contribution in [1.29, 1.82) is 0 Å². The van der Waals surface area contributed by atoms with Crippen molar-refractivity contribution < 1.29 is 13.9 Å². The monoisotopic (exact) mass is 307 g/mol. The standard InChI is InChI=1S/C16H15ClFNO2/c1-10-7-8-11(9-12(10)17)15(16(20)21-2)19-14-6-4-3-5-13(14)18/h3-9,15,19H,1-2H3. The molecule has 1 N–H and O–H groups in total. The van der Waals surface area contributed by atoms with E-state index in [2.05, 4.69) is 5.32 Å². The van der Waals surface area contributed by atoms with Gasteiger partial charge < -0.3 is 10.1 Å². The third-order valence-electron chi connectivity index (χ3n) is 3.14. The van der Waals surface area contributed by atoms with Gasteiger partial charge in [0.15, 0.2) is 6.04 Å². The molecule has 5 heteroatoms. The molecule has 1 unspecified atom stereocenters. The van der Waals surface area contributed by atoms with E-state index in [1.54, 1.807) is 36.4 Å². The minimum Gasteiger partial charge on any atom is -0.467 e. The zero-order valence-corrected chi connectivity index (χ0v) is 12.4. The summed E-state index contributed by atoms with van der Waals surface area (Å²) in [5.41, 5.74) is 1.74. The quantitative estimate of drug-likeness (QED) is 0.864. The number of hydrogen-bond donors (Lipinski definition) is 1. The van der Waals surface area contributed by atoms with Crippen LogP contribution in [0.4, 0.5) is 10.1 Å². The normalized spacial score (nSPS) is 11.8. The Morgan fingerprint density at radius 1 is 1.29 bits per heavy atom. The first-order chi connectivity index (χ1) is 10.0. The summed E-state index contributed by atoms with van der Waals surface area (Å²) in [6.07, 6.45) is 0. The minimum absolute atomic E-state index is 0.226. The second-order valence-electron chi connectivity index (χ2n) is 4.59. The highest BCUT2D eigenvalue weighted by atomic mass is 35.5. The number of methoxy groups -OCH3 is 1. The first-order valence-corrected chi connectivity index (χ1v) is 6.75. The molecule has 0 saturated heterocycles. The third-order valence-corrected chi connectivity index (χ3v) is 3.55. The maximum Gasteiger partial charge on any atom is 0.332 e. The van der Waals surface area contributed by atoms with Gasteiger partial charge in [-0.25, -0.2) is 9.18 Å². The Morgan fingerprint density at radius 3 is 2.62 bits per heavy atom.